The van der Waals surface area contributed by atoms with Gasteiger partial charge >= 0.3 is 0 Å². The number of anilines is 2. The predicted molar refractivity (Wildman–Crippen MR) is 109 cm³/mol. The van der Waals surface area contributed by atoms with E-state index in [1.54, 1.807) is 53.4 Å². The molecule has 2 aromatic carbocycles. The number of carbonyl (C=O) groups is 2. The van der Waals surface area contributed by atoms with Gasteiger partial charge in [-0.25, -0.2) is 0 Å². The van der Waals surface area contributed by atoms with E-state index in [1.807, 2.05) is 0 Å². The van der Waals surface area contributed by atoms with E-state index in [1.165, 1.54) is 0 Å². The summed E-state index contributed by atoms with van der Waals surface area (Å²) < 4.78 is 11.1. The van der Waals surface area contributed by atoms with Crippen LogP contribution in [0.25, 0.3) is 0 Å². The second kappa shape index (κ2) is 8.61. The number of ether oxygens (including phenoxy) is 2. The molecule has 0 bridgehead atoms. The molecule has 3 rings (SSSR count). The van der Waals surface area contributed by atoms with Gasteiger partial charge in [0.25, 0.3) is 11.8 Å². The van der Waals surface area contributed by atoms with Crippen LogP contribution in [-0.2, 0) is 4.79 Å². The third-order valence-electron chi connectivity index (χ3n) is 4.17. The Bertz CT molecular complexity index is 875. The molecule has 1 aliphatic heterocycles. The third kappa shape index (κ3) is 4.52. The zero-order valence-corrected chi connectivity index (χ0v) is 16.1. The lowest BCUT2D eigenvalue weighted by Crippen LogP contribution is -2.38. The van der Waals surface area contributed by atoms with Gasteiger partial charge < -0.3 is 19.7 Å². The minimum absolute atomic E-state index is 0.00221. The molecule has 0 spiro atoms. The van der Waals surface area contributed by atoms with Gasteiger partial charge in [0, 0.05) is 17.8 Å². The van der Waals surface area contributed by atoms with Crippen LogP contribution in [0.4, 0.5) is 11.4 Å². The summed E-state index contributed by atoms with van der Waals surface area (Å²) >= 11 is 0. The molecule has 0 unspecified atom stereocenters. The zero-order valence-electron chi connectivity index (χ0n) is 16.1. The number of hydrogen-bond acceptors (Lipinski definition) is 4. The Morgan fingerprint density at radius 2 is 2.04 bits per heavy atom. The highest BCUT2D eigenvalue weighted by Crippen LogP contribution is 2.34. The Hall–Kier alpha value is -3.28. The summed E-state index contributed by atoms with van der Waals surface area (Å²) in [5.74, 6) is 1.38. The Balaban J connectivity index is 1.72. The lowest BCUT2D eigenvalue weighted by atomic mass is 10.1. The fourth-order valence-corrected chi connectivity index (χ4v) is 2.78. The Labute approximate surface area is 164 Å². The standard InChI is InChI=1S/C22H24N2O4/c1-4-11-24-19-12-17(7-10-20(19)28-14-21(24)25)23-22(26)16-5-8-18(9-6-16)27-13-15(2)3/h4-10,12,15H,1,11,13-14H2,2-3H3,(H,23,26). The average Bonchev–Trinajstić information content (AvgIpc) is 2.69. The highest BCUT2D eigenvalue weighted by molar-refractivity contribution is 6.05. The lowest BCUT2D eigenvalue weighted by Gasteiger charge is -2.28. The van der Waals surface area contributed by atoms with Crippen LogP contribution in [0.15, 0.2) is 55.1 Å². The number of nitrogens with one attached hydrogen (secondary N) is 1. The first-order valence-corrected chi connectivity index (χ1v) is 9.20. The van der Waals surface area contributed by atoms with Crippen molar-refractivity contribution >= 4 is 23.2 Å². The molecule has 0 saturated carbocycles. The maximum Gasteiger partial charge on any atom is 0.265 e. The van der Waals surface area contributed by atoms with Crippen LogP contribution < -0.4 is 19.7 Å². The third-order valence-corrected chi connectivity index (χ3v) is 4.17. The molecular formula is C22H24N2O4. The van der Waals surface area contributed by atoms with Gasteiger partial charge in [0.15, 0.2) is 6.61 Å². The van der Waals surface area contributed by atoms with Gasteiger partial charge in [-0.05, 0) is 48.4 Å². The van der Waals surface area contributed by atoms with Crippen LogP contribution in [0.3, 0.4) is 0 Å². The molecule has 28 heavy (non-hydrogen) atoms. The van der Waals surface area contributed by atoms with Gasteiger partial charge in [-0.15, -0.1) is 6.58 Å². The van der Waals surface area contributed by atoms with Crippen molar-refractivity contribution in [2.75, 3.05) is 30.0 Å². The molecule has 0 radical (unpaired) electrons. The van der Waals surface area contributed by atoms with Crippen LogP contribution in [-0.4, -0.2) is 31.6 Å². The molecule has 2 aromatic rings. The van der Waals surface area contributed by atoms with Crippen molar-refractivity contribution in [1.29, 1.82) is 0 Å². The quantitative estimate of drug-likeness (QED) is 0.740. The van der Waals surface area contributed by atoms with E-state index in [2.05, 4.69) is 25.7 Å². The van der Waals surface area contributed by atoms with E-state index in [4.69, 9.17) is 9.47 Å². The van der Waals surface area contributed by atoms with Gasteiger partial charge in [0.2, 0.25) is 0 Å². The molecule has 1 aliphatic rings. The van der Waals surface area contributed by atoms with Crippen molar-refractivity contribution < 1.29 is 19.1 Å². The normalized spacial score (nSPS) is 13.0. The number of hydrogen-bond donors (Lipinski definition) is 1. The average molecular weight is 380 g/mol. The minimum atomic E-state index is -0.242. The number of benzene rings is 2. The SMILES string of the molecule is C=CCN1C(=O)COc2ccc(NC(=O)c3ccc(OCC(C)C)cc3)cc21. The molecule has 146 valence electrons. The molecule has 6 heteroatoms. The highest BCUT2D eigenvalue weighted by atomic mass is 16.5. The molecule has 2 amide bonds. The first-order chi connectivity index (χ1) is 13.5. The smallest absolute Gasteiger partial charge is 0.265 e. The summed E-state index contributed by atoms with van der Waals surface area (Å²) in [4.78, 5) is 26.2. The second-order valence-electron chi connectivity index (χ2n) is 6.95. The highest BCUT2D eigenvalue weighted by Gasteiger charge is 2.25. The van der Waals surface area contributed by atoms with Crippen molar-refractivity contribution in [1.82, 2.24) is 0 Å². The van der Waals surface area contributed by atoms with E-state index in [-0.39, 0.29) is 18.4 Å². The molecule has 1 N–H and O–H groups in total. The summed E-state index contributed by atoms with van der Waals surface area (Å²) in [7, 11) is 0. The molecular weight excluding hydrogens is 356 g/mol. The lowest BCUT2D eigenvalue weighted by molar-refractivity contribution is -0.121. The summed E-state index contributed by atoms with van der Waals surface area (Å²) in [6.07, 6.45) is 1.65. The maximum atomic E-state index is 12.6. The summed E-state index contributed by atoms with van der Waals surface area (Å²) in [6, 6.07) is 12.2. The molecule has 1 heterocycles. The number of amides is 2. The Kier molecular flexibility index (Phi) is 5.99. The van der Waals surface area contributed by atoms with Crippen molar-refractivity contribution in [2.24, 2.45) is 5.92 Å². The number of fused-ring (bicyclic) bond motifs is 1. The van der Waals surface area contributed by atoms with Gasteiger partial charge in [0.1, 0.15) is 11.5 Å². The van der Waals surface area contributed by atoms with Crippen LogP contribution >= 0.6 is 0 Å². The van der Waals surface area contributed by atoms with Crippen molar-refractivity contribution in [2.45, 2.75) is 13.8 Å². The van der Waals surface area contributed by atoms with E-state index < -0.39 is 0 Å². The van der Waals surface area contributed by atoms with E-state index >= 15 is 0 Å². The van der Waals surface area contributed by atoms with Crippen LogP contribution in [0, 0.1) is 5.92 Å². The monoisotopic (exact) mass is 380 g/mol. The van der Waals surface area contributed by atoms with Gasteiger partial charge in [-0.3, -0.25) is 9.59 Å². The largest absolute Gasteiger partial charge is 0.493 e. The van der Waals surface area contributed by atoms with Crippen molar-refractivity contribution in [3.8, 4) is 11.5 Å². The summed E-state index contributed by atoms with van der Waals surface area (Å²) in [5, 5.41) is 2.86. The van der Waals surface area contributed by atoms with Gasteiger partial charge in [0.05, 0.1) is 12.3 Å². The molecule has 0 aromatic heterocycles. The Morgan fingerprint density at radius 1 is 1.29 bits per heavy atom. The van der Waals surface area contributed by atoms with E-state index in [0.29, 0.717) is 41.8 Å². The Morgan fingerprint density at radius 3 is 2.71 bits per heavy atom. The van der Waals surface area contributed by atoms with E-state index in [9.17, 15) is 9.59 Å². The minimum Gasteiger partial charge on any atom is -0.493 e. The first kappa shape index (κ1) is 19.5. The molecule has 0 saturated heterocycles. The predicted octanol–water partition coefficient (Wildman–Crippen LogP) is 3.89. The molecule has 0 atom stereocenters. The van der Waals surface area contributed by atoms with Crippen LogP contribution in [0.1, 0.15) is 24.2 Å². The molecule has 6 nitrogen and oxygen atoms in total. The molecule has 0 fully saturated rings. The fourth-order valence-electron chi connectivity index (χ4n) is 2.78. The summed E-state index contributed by atoms with van der Waals surface area (Å²) in [5.41, 5.74) is 1.72. The fraction of sp³-hybridized carbons (Fsp3) is 0.273. The van der Waals surface area contributed by atoms with Crippen molar-refractivity contribution in [3.63, 3.8) is 0 Å². The van der Waals surface area contributed by atoms with Crippen LogP contribution in [0.5, 0.6) is 11.5 Å². The summed E-state index contributed by atoms with van der Waals surface area (Å²) in [6.45, 7) is 8.85. The van der Waals surface area contributed by atoms with Gasteiger partial charge in [-0.1, -0.05) is 19.9 Å². The number of carbonyl (C=O) groups excluding carboxylic acids is 2. The topological polar surface area (TPSA) is 67.9 Å². The second-order valence-corrected chi connectivity index (χ2v) is 6.95. The maximum absolute atomic E-state index is 12.6. The first-order valence-electron chi connectivity index (χ1n) is 9.20. The van der Waals surface area contributed by atoms with Crippen LogP contribution in [0.2, 0.25) is 0 Å². The number of rotatable bonds is 7. The van der Waals surface area contributed by atoms with Gasteiger partial charge in [-0.2, -0.15) is 0 Å². The zero-order chi connectivity index (χ0) is 20.1. The van der Waals surface area contributed by atoms with E-state index in [0.717, 1.165) is 5.75 Å². The number of nitrogens with zero attached hydrogens (tertiary/aromatic N) is 1. The molecule has 0 aliphatic carbocycles. The van der Waals surface area contributed by atoms with Crippen molar-refractivity contribution in [3.05, 3.63) is 60.7 Å².